The van der Waals surface area contributed by atoms with E-state index in [0.29, 0.717) is 0 Å². The predicted molar refractivity (Wildman–Crippen MR) is 70.6 cm³/mol. The molecule has 0 spiro atoms. The Balaban J connectivity index is 2.35. The Morgan fingerprint density at radius 1 is 1.26 bits per heavy atom. The van der Waals surface area contributed by atoms with Gasteiger partial charge in [0.1, 0.15) is 0 Å². The summed E-state index contributed by atoms with van der Waals surface area (Å²) in [7, 11) is -3.54. The number of nitrogens with zero attached hydrogens (tertiary/aromatic N) is 1. The van der Waals surface area contributed by atoms with E-state index in [0.717, 1.165) is 12.8 Å². The van der Waals surface area contributed by atoms with Crippen molar-refractivity contribution in [2.75, 3.05) is 0 Å². The van der Waals surface area contributed by atoms with E-state index in [4.69, 9.17) is 5.11 Å². The standard InChI is InChI=1S/C13H17NO4S/c1-9(2)14(11-5-6-11)19(17,18)12-7-3-10(4-8-12)13(15)16/h3-4,7-9,11H,5-6H2,1-2H3,(H,15,16). The van der Waals surface area contributed by atoms with Crippen LogP contribution in [0.25, 0.3) is 0 Å². The van der Waals surface area contributed by atoms with E-state index < -0.39 is 16.0 Å². The summed E-state index contributed by atoms with van der Waals surface area (Å²) in [6.07, 6.45) is 1.79. The monoisotopic (exact) mass is 283 g/mol. The molecule has 1 saturated carbocycles. The van der Waals surface area contributed by atoms with E-state index >= 15 is 0 Å². The average Bonchev–Trinajstić information content (AvgIpc) is 3.12. The highest BCUT2D eigenvalue weighted by atomic mass is 32.2. The number of sulfonamides is 1. The average molecular weight is 283 g/mol. The van der Waals surface area contributed by atoms with Crippen LogP contribution in [-0.4, -0.2) is 35.9 Å². The van der Waals surface area contributed by atoms with Gasteiger partial charge in [-0.3, -0.25) is 0 Å². The van der Waals surface area contributed by atoms with Gasteiger partial charge < -0.3 is 5.11 Å². The quantitative estimate of drug-likeness (QED) is 0.896. The summed E-state index contributed by atoms with van der Waals surface area (Å²) < 4.78 is 26.5. The lowest BCUT2D eigenvalue weighted by Gasteiger charge is -2.25. The van der Waals surface area contributed by atoms with Gasteiger partial charge in [-0.25, -0.2) is 13.2 Å². The third-order valence-electron chi connectivity index (χ3n) is 3.09. The zero-order valence-corrected chi connectivity index (χ0v) is 11.7. The Morgan fingerprint density at radius 2 is 1.79 bits per heavy atom. The molecule has 0 amide bonds. The fraction of sp³-hybridized carbons (Fsp3) is 0.462. The van der Waals surface area contributed by atoms with Crippen molar-refractivity contribution in [1.82, 2.24) is 4.31 Å². The summed E-state index contributed by atoms with van der Waals surface area (Å²) in [6.45, 7) is 3.70. The van der Waals surface area contributed by atoms with Crippen LogP contribution in [0.1, 0.15) is 37.0 Å². The Bertz CT molecular complexity index is 571. The minimum Gasteiger partial charge on any atom is -0.478 e. The van der Waals surface area contributed by atoms with Gasteiger partial charge in [0.2, 0.25) is 10.0 Å². The van der Waals surface area contributed by atoms with Gasteiger partial charge in [0.05, 0.1) is 10.5 Å². The molecular formula is C13H17NO4S. The maximum Gasteiger partial charge on any atom is 0.335 e. The highest BCUT2D eigenvalue weighted by molar-refractivity contribution is 7.89. The molecule has 0 heterocycles. The first kappa shape index (κ1) is 14.0. The maximum absolute atomic E-state index is 12.5. The molecule has 6 heteroatoms. The molecule has 1 aromatic rings. The SMILES string of the molecule is CC(C)N(C1CC1)S(=O)(=O)c1ccc(C(=O)O)cc1. The molecular weight excluding hydrogens is 266 g/mol. The number of benzene rings is 1. The van der Waals surface area contributed by atoms with Crippen molar-refractivity contribution in [3.05, 3.63) is 29.8 Å². The van der Waals surface area contributed by atoms with Crippen molar-refractivity contribution in [1.29, 1.82) is 0 Å². The first-order valence-corrected chi connectivity index (χ1v) is 7.65. The minimum absolute atomic E-state index is 0.0847. The van der Waals surface area contributed by atoms with Crippen LogP contribution in [0.4, 0.5) is 0 Å². The molecule has 1 aromatic carbocycles. The predicted octanol–water partition coefficient (Wildman–Crippen LogP) is 1.95. The molecule has 1 aliphatic rings. The van der Waals surface area contributed by atoms with Gasteiger partial charge >= 0.3 is 5.97 Å². The molecule has 0 aliphatic heterocycles. The van der Waals surface area contributed by atoms with Crippen molar-refractivity contribution in [2.24, 2.45) is 0 Å². The van der Waals surface area contributed by atoms with Gasteiger partial charge in [-0.1, -0.05) is 0 Å². The van der Waals surface area contributed by atoms with E-state index in [1.165, 1.54) is 28.6 Å². The number of aromatic carboxylic acids is 1. The van der Waals surface area contributed by atoms with Gasteiger partial charge in [0, 0.05) is 12.1 Å². The highest BCUT2D eigenvalue weighted by Gasteiger charge is 2.39. The van der Waals surface area contributed by atoms with E-state index in [1.807, 2.05) is 13.8 Å². The van der Waals surface area contributed by atoms with Crippen LogP contribution in [0.3, 0.4) is 0 Å². The first-order chi connectivity index (χ1) is 8.84. The topological polar surface area (TPSA) is 74.7 Å². The maximum atomic E-state index is 12.5. The molecule has 1 fully saturated rings. The Labute approximate surface area is 112 Å². The summed E-state index contributed by atoms with van der Waals surface area (Å²) in [6, 6.07) is 5.34. The van der Waals surface area contributed by atoms with Crippen molar-refractivity contribution < 1.29 is 18.3 Å². The molecule has 0 unspecified atom stereocenters. The fourth-order valence-electron chi connectivity index (χ4n) is 2.12. The lowest BCUT2D eigenvalue weighted by atomic mass is 10.2. The lowest BCUT2D eigenvalue weighted by Crippen LogP contribution is -2.38. The highest BCUT2D eigenvalue weighted by Crippen LogP contribution is 2.33. The van der Waals surface area contributed by atoms with Crippen LogP contribution in [0, 0.1) is 0 Å². The minimum atomic E-state index is -3.54. The zero-order valence-electron chi connectivity index (χ0n) is 10.9. The summed E-state index contributed by atoms with van der Waals surface area (Å²) in [4.78, 5) is 10.9. The third-order valence-corrected chi connectivity index (χ3v) is 5.24. The Hall–Kier alpha value is -1.40. The van der Waals surface area contributed by atoms with Crippen molar-refractivity contribution >= 4 is 16.0 Å². The van der Waals surface area contributed by atoms with Crippen LogP contribution >= 0.6 is 0 Å². The molecule has 1 aliphatic carbocycles. The van der Waals surface area contributed by atoms with E-state index in [-0.39, 0.29) is 22.5 Å². The molecule has 1 N–H and O–H groups in total. The van der Waals surface area contributed by atoms with Crippen LogP contribution in [0.15, 0.2) is 29.2 Å². The number of carboxylic acids is 1. The molecule has 0 saturated heterocycles. The van der Waals surface area contributed by atoms with Gasteiger partial charge in [0.25, 0.3) is 0 Å². The van der Waals surface area contributed by atoms with Gasteiger partial charge in [-0.2, -0.15) is 4.31 Å². The van der Waals surface area contributed by atoms with E-state index in [1.54, 1.807) is 0 Å². The summed E-state index contributed by atoms with van der Waals surface area (Å²) in [5.74, 6) is -1.06. The van der Waals surface area contributed by atoms with Crippen molar-refractivity contribution in [3.63, 3.8) is 0 Å². The molecule has 104 valence electrons. The van der Waals surface area contributed by atoms with Crippen LogP contribution < -0.4 is 0 Å². The van der Waals surface area contributed by atoms with Crippen LogP contribution in [-0.2, 0) is 10.0 Å². The van der Waals surface area contributed by atoms with Crippen LogP contribution in [0.5, 0.6) is 0 Å². The van der Waals surface area contributed by atoms with Gasteiger partial charge in [-0.05, 0) is 51.0 Å². The van der Waals surface area contributed by atoms with Crippen molar-refractivity contribution in [3.8, 4) is 0 Å². The van der Waals surface area contributed by atoms with Gasteiger partial charge in [-0.15, -0.1) is 0 Å². The van der Waals surface area contributed by atoms with Gasteiger partial charge in [0.15, 0.2) is 0 Å². The summed E-state index contributed by atoms with van der Waals surface area (Å²) >= 11 is 0. The lowest BCUT2D eigenvalue weighted by molar-refractivity contribution is 0.0696. The molecule has 0 aromatic heterocycles. The first-order valence-electron chi connectivity index (χ1n) is 6.21. The largest absolute Gasteiger partial charge is 0.478 e. The second-order valence-electron chi connectivity index (χ2n) is 4.99. The normalized spacial score (nSPS) is 16.0. The number of hydrogen-bond acceptors (Lipinski definition) is 3. The number of carboxylic acid groups (broad SMARTS) is 1. The van der Waals surface area contributed by atoms with E-state index in [2.05, 4.69) is 0 Å². The second-order valence-corrected chi connectivity index (χ2v) is 6.83. The molecule has 0 bridgehead atoms. The Kier molecular flexibility index (Phi) is 3.64. The van der Waals surface area contributed by atoms with Crippen LogP contribution in [0.2, 0.25) is 0 Å². The molecule has 2 rings (SSSR count). The number of rotatable bonds is 5. The third kappa shape index (κ3) is 2.79. The van der Waals surface area contributed by atoms with E-state index in [9.17, 15) is 13.2 Å². The molecule has 0 radical (unpaired) electrons. The fourth-order valence-corrected chi connectivity index (χ4v) is 4.00. The smallest absolute Gasteiger partial charge is 0.335 e. The second kappa shape index (κ2) is 4.94. The van der Waals surface area contributed by atoms with Crippen molar-refractivity contribution in [2.45, 2.75) is 43.7 Å². The Morgan fingerprint density at radius 3 is 2.16 bits per heavy atom. The number of carbonyl (C=O) groups is 1. The molecule has 0 atom stereocenters. The molecule has 5 nitrogen and oxygen atoms in total. The molecule has 19 heavy (non-hydrogen) atoms. The summed E-state index contributed by atoms with van der Waals surface area (Å²) in [5.41, 5.74) is 0.0847. The number of hydrogen-bond donors (Lipinski definition) is 1. The summed E-state index contributed by atoms with van der Waals surface area (Å²) in [5, 5.41) is 8.81. The zero-order chi connectivity index (χ0) is 14.2.